The zero-order valence-electron chi connectivity index (χ0n) is 8.29. The Morgan fingerprint density at radius 1 is 1.38 bits per heavy atom. The Balaban J connectivity index is 2.86. The summed E-state index contributed by atoms with van der Waals surface area (Å²) in [5.41, 5.74) is 1.08. The topological polar surface area (TPSA) is 25.8 Å². The van der Waals surface area contributed by atoms with E-state index in [0.717, 1.165) is 17.8 Å². The number of nitrogens with zero attached hydrogens (tertiary/aromatic N) is 2. The predicted octanol–water partition coefficient (Wildman–Crippen LogP) is 2.91. The average molecular weight is 199 g/mol. The van der Waals surface area contributed by atoms with Crippen LogP contribution in [0.25, 0.3) is 0 Å². The smallest absolute Gasteiger partial charge is 0.132 e. The molecular weight excluding hydrogens is 184 g/mol. The third kappa shape index (κ3) is 2.66. The number of halogens is 1. The van der Waals surface area contributed by atoms with Crippen LogP contribution in [0.5, 0.6) is 0 Å². The van der Waals surface area contributed by atoms with Crippen molar-refractivity contribution in [3.63, 3.8) is 0 Å². The van der Waals surface area contributed by atoms with E-state index in [4.69, 9.17) is 11.6 Å². The number of rotatable bonds is 3. The van der Waals surface area contributed by atoms with E-state index in [2.05, 4.69) is 16.9 Å². The molecule has 13 heavy (non-hydrogen) atoms. The second-order valence-corrected chi connectivity index (χ2v) is 4.00. The molecule has 0 spiro atoms. The molecule has 0 saturated carbocycles. The predicted molar refractivity (Wildman–Crippen MR) is 55.1 cm³/mol. The quantitative estimate of drug-likeness (QED) is 0.698. The van der Waals surface area contributed by atoms with Gasteiger partial charge in [0.15, 0.2) is 0 Å². The van der Waals surface area contributed by atoms with E-state index in [0.29, 0.717) is 0 Å². The molecule has 1 aromatic heterocycles. The summed E-state index contributed by atoms with van der Waals surface area (Å²) in [6.45, 7) is 6.07. The molecule has 72 valence electrons. The Bertz CT molecular complexity index is 256. The molecule has 0 fully saturated rings. The molecule has 0 aliphatic heterocycles. The van der Waals surface area contributed by atoms with Gasteiger partial charge in [0, 0.05) is 23.7 Å². The number of hydrogen-bond donors (Lipinski definition) is 0. The Morgan fingerprint density at radius 2 is 1.92 bits per heavy atom. The molecule has 3 heteroatoms. The van der Waals surface area contributed by atoms with Crippen LogP contribution in [0.4, 0.5) is 0 Å². The first kappa shape index (κ1) is 10.5. The largest absolute Gasteiger partial charge is 0.241 e. The van der Waals surface area contributed by atoms with E-state index in [1.807, 2.05) is 26.2 Å². The Kier molecular flexibility index (Phi) is 3.67. The number of hydrogen-bond acceptors (Lipinski definition) is 2. The standard InChI is InChI=1S/C10H15ClN2/c1-4-9(8(3)11)10-12-5-7(2)6-13-10/h5-6,8-9H,4H2,1-3H3. The molecule has 0 aromatic carbocycles. The monoisotopic (exact) mass is 198 g/mol. The van der Waals surface area contributed by atoms with Gasteiger partial charge >= 0.3 is 0 Å². The van der Waals surface area contributed by atoms with Gasteiger partial charge in [0.2, 0.25) is 0 Å². The van der Waals surface area contributed by atoms with Gasteiger partial charge in [-0.25, -0.2) is 9.97 Å². The fourth-order valence-corrected chi connectivity index (χ4v) is 1.60. The van der Waals surface area contributed by atoms with Crippen molar-refractivity contribution >= 4 is 11.6 Å². The van der Waals surface area contributed by atoms with Crippen LogP contribution in [-0.2, 0) is 0 Å². The third-order valence-corrected chi connectivity index (χ3v) is 2.43. The van der Waals surface area contributed by atoms with Gasteiger partial charge in [0.1, 0.15) is 5.82 Å². The highest BCUT2D eigenvalue weighted by Gasteiger charge is 2.17. The van der Waals surface area contributed by atoms with E-state index >= 15 is 0 Å². The van der Waals surface area contributed by atoms with Crippen LogP contribution in [0.2, 0.25) is 0 Å². The van der Waals surface area contributed by atoms with Crippen LogP contribution in [0.3, 0.4) is 0 Å². The van der Waals surface area contributed by atoms with Gasteiger partial charge in [-0.15, -0.1) is 11.6 Å². The summed E-state index contributed by atoms with van der Waals surface area (Å²) in [6, 6.07) is 0. The van der Waals surface area contributed by atoms with Crippen molar-refractivity contribution in [2.24, 2.45) is 0 Å². The van der Waals surface area contributed by atoms with E-state index in [1.54, 1.807) is 0 Å². The lowest BCUT2D eigenvalue weighted by Crippen LogP contribution is -2.12. The zero-order chi connectivity index (χ0) is 9.84. The molecule has 0 amide bonds. The van der Waals surface area contributed by atoms with Gasteiger partial charge in [-0.1, -0.05) is 6.92 Å². The first-order valence-corrected chi connectivity index (χ1v) is 5.01. The molecule has 0 N–H and O–H groups in total. The van der Waals surface area contributed by atoms with Crippen LogP contribution in [0.15, 0.2) is 12.4 Å². The lowest BCUT2D eigenvalue weighted by atomic mass is 10.0. The first-order chi connectivity index (χ1) is 6.15. The van der Waals surface area contributed by atoms with Crippen molar-refractivity contribution in [2.45, 2.75) is 38.5 Å². The van der Waals surface area contributed by atoms with Crippen molar-refractivity contribution in [3.8, 4) is 0 Å². The molecule has 0 aliphatic carbocycles. The molecule has 0 aliphatic rings. The summed E-state index contributed by atoms with van der Waals surface area (Å²) >= 11 is 6.04. The van der Waals surface area contributed by atoms with Gasteiger partial charge in [0.05, 0.1) is 0 Å². The second kappa shape index (κ2) is 4.56. The molecule has 2 unspecified atom stereocenters. The minimum Gasteiger partial charge on any atom is -0.241 e. The summed E-state index contributed by atoms with van der Waals surface area (Å²) in [5, 5.41) is 0.0905. The van der Waals surface area contributed by atoms with Crippen molar-refractivity contribution in [3.05, 3.63) is 23.8 Å². The molecule has 1 rings (SSSR count). The molecule has 2 nitrogen and oxygen atoms in total. The van der Waals surface area contributed by atoms with Crippen LogP contribution in [0.1, 0.15) is 37.6 Å². The highest BCUT2D eigenvalue weighted by molar-refractivity contribution is 6.20. The minimum absolute atomic E-state index is 0.0905. The number of aromatic nitrogens is 2. The van der Waals surface area contributed by atoms with E-state index in [1.165, 1.54) is 0 Å². The molecule has 0 radical (unpaired) electrons. The van der Waals surface area contributed by atoms with E-state index in [-0.39, 0.29) is 11.3 Å². The third-order valence-electron chi connectivity index (χ3n) is 2.13. The fourth-order valence-electron chi connectivity index (χ4n) is 1.31. The minimum atomic E-state index is 0.0905. The van der Waals surface area contributed by atoms with Crippen molar-refractivity contribution in [2.75, 3.05) is 0 Å². The van der Waals surface area contributed by atoms with Gasteiger partial charge < -0.3 is 0 Å². The van der Waals surface area contributed by atoms with Gasteiger partial charge in [-0.05, 0) is 25.8 Å². The SMILES string of the molecule is CCC(c1ncc(C)cn1)C(C)Cl. The summed E-state index contributed by atoms with van der Waals surface area (Å²) < 4.78 is 0. The average Bonchev–Trinajstić information content (AvgIpc) is 2.09. The summed E-state index contributed by atoms with van der Waals surface area (Å²) in [4.78, 5) is 8.55. The van der Waals surface area contributed by atoms with Crippen molar-refractivity contribution in [1.82, 2.24) is 9.97 Å². The maximum absolute atomic E-state index is 6.04. The van der Waals surface area contributed by atoms with Gasteiger partial charge in [-0.3, -0.25) is 0 Å². The lowest BCUT2D eigenvalue weighted by molar-refractivity contribution is 0.607. The van der Waals surface area contributed by atoms with Gasteiger partial charge in [-0.2, -0.15) is 0 Å². The molecule has 1 heterocycles. The van der Waals surface area contributed by atoms with Crippen molar-refractivity contribution < 1.29 is 0 Å². The normalized spacial score (nSPS) is 15.4. The van der Waals surface area contributed by atoms with Crippen LogP contribution in [-0.4, -0.2) is 15.3 Å². The van der Waals surface area contributed by atoms with Crippen LogP contribution in [0, 0.1) is 6.92 Å². The van der Waals surface area contributed by atoms with Crippen LogP contribution >= 0.6 is 11.6 Å². The maximum atomic E-state index is 6.04. The fraction of sp³-hybridized carbons (Fsp3) is 0.600. The molecule has 1 aromatic rings. The van der Waals surface area contributed by atoms with E-state index < -0.39 is 0 Å². The Labute approximate surface area is 84.4 Å². The van der Waals surface area contributed by atoms with Gasteiger partial charge in [0.25, 0.3) is 0 Å². The Morgan fingerprint density at radius 3 is 2.31 bits per heavy atom. The molecule has 2 atom stereocenters. The lowest BCUT2D eigenvalue weighted by Gasteiger charge is -2.15. The summed E-state index contributed by atoms with van der Waals surface area (Å²) in [5.74, 6) is 1.12. The highest BCUT2D eigenvalue weighted by Crippen LogP contribution is 2.23. The Hall–Kier alpha value is -0.630. The van der Waals surface area contributed by atoms with Crippen LogP contribution < -0.4 is 0 Å². The first-order valence-electron chi connectivity index (χ1n) is 4.57. The zero-order valence-corrected chi connectivity index (χ0v) is 9.04. The molecular formula is C10H15ClN2. The highest BCUT2D eigenvalue weighted by atomic mass is 35.5. The number of alkyl halides is 1. The molecule has 0 bridgehead atoms. The maximum Gasteiger partial charge on any atom is 0.132 e. The molecule has 0 saturated heterocycles. The summed E-state index contributed by atoms with van der Waals surface area (Å²) in [7, 11) is 0. The number of aryl methyl sites for hydroxylation is 1. The van der Waals surface area contributed by atoms with Crippen molar-refractivity contribution in [1.29, 1.82) is 0 Å². The summed E-state index contributed by atoms with van der Waals surface area (Å²) in [6.07, 6.45) is 4.66. The second-order valence-electron chi connectivity index (χ2n) is 3.31. The van der Waals surface area contributed by atoms with E-state index in [9.17, 15) is 0 Å².